The van der Waals surface area contributed by atoms with Gasteiger partial charge in [0.1, 0.15) is 0 Å². The fourth-order valence-electron chi connectivity index (χ4n) is 4.27. The second-order valence-corrected chi connectivity index (χ2v) is 9.81. The number of nitriles is 1. The smallest absolute Gasteiger partial charge is 0.240 e. The lowest BCUT2D eigenvalue weighted by Crippen LogP contribution is -2.46. The Morgan fingerprint density at radius 1 is 1.30 bits per heavy atom. The van der Waals surface area contributed by atoms with E-state index >= 15 is 0 Å². The van der Waals surface area contributed by atoms with Crippen molar-refractivity contribution in [2.75, 3.05) is 0 Å². The molecule has 0 amide bonds. The van der Waals surface area contributed by atoms with Crippen LogP contribution in [0.1, 0.15) is 51.3 Å². The summed E-state index contributed by atoms with van der Waals surface area (Å²) < 4.78 is 32.7. The van der Waals surface area contributed by atoms with Crippen molar-refractivity contribution in [3.63, 3.8) is 0 Å². The van der Waals surface area contributed by atoms with Crippen LogP contribution in [0.3, 0.4) is 0 Å². The summed E-state index contributed by atoms with van der Waals surface area (Å²) in [5.74, 6) is 1.44. The molecule has 2 fully saturated rings. The van der Waals surface area contributed by atoms with Gasteiger partial charge < -0.3 is 4.52 Å². The Bertz CT molecular complexity index is 992. The highest BCUT2D eigenvalue weighted by Gasteiger charge is 2.54. The number of hydrogen-bond donors (Lipinski definition) is 1. The minimum absolute atomic E-state index is 0.180. The zero-order valence-electron chi connectivity index (χ0n) is 15.3. The summed E-state index contributed by atoms with van der Waals surface area (Å²) >= 11 is 0. The van der Waals surface area contributed by atoms with Crippen LogP contribution in [0.4, 0.5) is 0 Å². The molecular formula is C19H22N4O3S. The van der Waals surface area contributed by atoms with Gasteiger partial charge in [0.05, 0.1) is 11.0 Å². The predicted octanol–water partition coefficient (Wildman–Crippen LogP) is 3.22. The van der Waals surface area contributed by atoms with E-state index in [9.17, 15) is 8.42 Å². The van der Waals surface area contributed by atoms with Gasteiger partial charge in [-0.25, -0.2) is 13.1 Å². The molecule has 8 heteroatoms. The molecule has 7 nitrogen and oxygen atoms in total. The molecule has 4 rings (SSSR count). The van der Waals surface area contributed by atoms with Crippen LogP contribution in [0.2, 0.25) is 0 Å². The lowest BCUT2D eigenvalue weighted by molar-refractivity contribution is -0.0291. The number of nitrogens with zero attached hydrogens (tertiary/aromatic N) is 3. The Kier molecular flexibility index (Phi) is 4.32. The number of sulfonamides is 1. The third kappa shape index (κ3) is 3.37. The Morgan fingerprint density at radius 2 is 2.04 bits per heavy atom. The maximum Gasteiger partial charge on any atom is 0.240 e. The molecule has 2 aliphatic carbocycles. The van der Waals surface area contributed by atoms with Crippen LogP contribution in [-0.2, 0) is 10.0 Å². The van der Waals surface area contributed by atoms with Crippen molar-refractivity contribution in [1.82, 2.24) is 14.9 Å². The standard InChI is InChI=1S/C19H22N4O3S/c1-12(2)23-27(24,25)16-5-3-4-14(6-16)17-21-18(26-22-17)15-9-19(10-15)7-13(8-19)11-20/h3-6,12-13,15,23H,7-10H2,1-2H3. The van der Waals surface area contributed by atoms with Crippen LogP contribution >= 0.6 is 0 Å². The first kappa shape index (κ1) is 18.1. The van der Waals surface area contributed by atoms with E-state index in [1.165, 1.54) is 0 Å². The van der Waals surface area contributed by atoms with Crippen molar-refractivity contribution in [1.29, 1.82) is 5.26 Å². The third-order valence-corrected chi connectivity index (χ3v) is 7.14. The molecule has 2 saturated carbocycles. The summed E-state index contributed by atoms with van der Waals surface area (Å²) in [6, 6.07) is 8.70. The number of rotatable bonds is 5. The van der Waals surface area contributed by atoms with Crippen molar-refractivity contribution in [3.05, 3.63) is 30.2 Å². The number of aromatic nitrogens is 2. The minimum Gasteiger partial charge on any atom is -0.339 e. The molecule has 2 aromatic rings. The maximum absolute atomic E-state index is 12.4. The number of hydrogen-bond acceptors (Lipinski definition) is 6. The van der Waals surface area contributed by atoms with Crippen LogP contribution in [-0.4, -0.2) is 24.6 Å². The van der Waals surface area contributed by atoms with E-state index < -0.39 is 10.0 Å². The molecule has 1 heterocycles. The van der Waals surface area contributed by atoms with Crippen LogP contribution in [0.25, 0.3) is 11.4 Å². The normalized spacial score (nSPS) is 27.2. The summed E-state index contributed by atoms with van der Waals surface area (Å²) in [5.41, 5.74) is 0.912. The minimum atomic E-state index is -3.57. The highest BCUT2D eigenvalue weighted by atomic mass is 32.2. The number of benzene rings is 1. The SMILES string of the molecule is CC(C)NS(=O)(=O)c1cccc(-c2noc(C3CC4(CC(C#N)C4)C3)n2)c1. The average molecular weight is 386 g/mol. The molecule has 0 aliphatic heterocycles. The largest absolute Gasteiger partial charge is 0.339 e. The average Bonchev–Trinajstić information content (AvgIpc) is 3.01. The predicted molar refractivity (Wildman–Crippen MR) is 97.9 cm³/mol. The van der Waals surface area contributed by atoms with Crippen LogP contribution < -0.4 is 4.72 Å². The van der Waals surface area contributed by atoms with E-state index in [-0.39, 0.29) is 22.8 Å². The summed E-state index contributed by atoms with van der Waals surface area (Å²) in [6.07, 6.45) is 3.92. The summed E-state index contributed by atoms with van der Waals surface area (Å²) in [7, 11) is -3.57. The third-order valence-electron chi connectivity index (χ3n) is 5.48. The zero-order chi connectivity index (χ0) is 19.2. The number of nitrogens with one attached hydrogen (secondary N) is 1. The highest BCUT2D eigenvalue weighted by molar-refractivity contribution is 7.89. The lowest BCUT2D eigenvalue weighted by Gasteiger charge is -2.55. The van der Waals surface area contributed by atoms with Crippen molar-refractivity contribution in [2.45, 2.75) is 56.4 Å². The van der Waals surface area contributed by atoms with Crippen LogP contribution in [0.5, 0.6) is 0 Å². The van der Waals surface area contributed by atoms with Gasteiger partial charge in [-0.2, -0.15) is 10.2 Å². The first-order chi connectivity index (χ1) is 12.8. The van der Waals surface area contributed by atoms with Gasteiger partial charge in [-0.05, 0) is 57.1 Å². The molecule has 0 atom stereocenters. The molecule has 0 bridgehead atoms. The lowest BCUT2D eigenvalue weighted by atomic mass is 9.48. The molecule has 0 unspecified atom stereocenters. The second-order valence-electron chi connectivity index (χ2n) is 8.10. The van der Waals surface area contributed by atoms with Gasteiger partial charge in [0.25, 0.3) is 0 Å². The van der Waals surface area contributed by atoms with Crippen LogP contribution in [0, 0.1) is 22.7 Å². The zero-order valence-corrected chi connectivity index (χ0v) is 16.2. The van der Waals surface area contributed by atoms with Gasteiger partial charge in [-0.15, -0.1) is 0 Å². The fourth-order valence-corrected chi connectivity index (χ4v) is 5.57. The van der Waals surface area contributed by atoms with E-state index in [1.807, 2.05) is 0 Å². The Labute approximate surface area is 158 Å². The Hall–Kier alpha value is -2.24. The quantitative estimate of drug-likeness (QED) is 0.845. The molecule has 1 aromatic heterocycles. The highest BCUT2D eigenvalue weighted by Crippen LogP contribution is 2.63. The van der Waals surface area contributed by atoms with Crippen molar-refractivity contribution >= 4 is 10.0 Å². The molecular weight excluding hydrogens is 364 g/mol. The maximum atomic E-state index is 12.4. The van der Waals surface area contributed by atoms with Crippen LogP contribution in [0.15, 0.2) is 33.7 Å². The molecule has 1 spiro atoms. The van der Waals surface area contributed by atoms with E-state index in [0.29, 0.717) is 22.7 Å². The molecule has 27 heavy (non-hydrogen) atoms. The molecule has 1 N–H and O–H groups in total. The summed E-state index contributed by atoms with van der Waals surface area (Å²) in [4.78, 5) is 4.67. The molecule has 142 valence electrons. The molecule has 1 aromatic carbocycles. The van der Waals surface area contributed by atoms with E-state index in [4.69, 9.17) is 9.78 Å². The van der Waals surface area contributed by atoms with Gasteiger partial charge in [0.2, 0.25) is 21.7 Å². The Balaban J connectivity index is 1.48. The summed E-state index contributed by atoms with van der Waals surface area (Å²) in [5, 5.41) is 13.0. The Morgan fingerprint density at radius 3 is 2.70 bits per heavy atom. The van der Waals surface area contributed by atoms with Gasteiger partial charge in [0, 0.05) is 23.4 Å². The molecule has 0 saturated heterocycles. The second kappa shape index (κ2) is 6.43. The van der Waals surface area contributed by atoms with Gasteiger partial charge in [-0.3, -0.25) is 0 Å². The molecule has 0 radical (unpaired) electrons. The summed E-state index contributed by atoms with van der Waals surface area (Å²) in [6.45, 7) is 3.55. The van der Waals surface area contributed by atoms with Gasteiger partial charge >= 0.3 is 0 Å². The monoisotopic (exact) mass is 386 g/mol. The van der Waals surface area contributed by atoms with Gasteiger partial charge in [-0.1, -0.05) is 17.3 Å². The topological polar surface area (TPSA) is 109 Å². The van der Waals surface area contributed by atoms with E-state index in [1.54, 1.807) is 38.1 Å². The molecule has 2 aliphatic rings. The van der Waals surface area contributed by atoms with Crippen molar-refractivity contribution < 1.29 is 12.9 Å². The fraction of sp³-hybridized carbons (Fsp3) is 0.526. The van der Waals surface area contributed by atoms with Gasteiger partial charge in [0.15, 0.2) is 0 Å². The van der Waals surface area contributed by atoms with Crippen molar-refractivity contribution in [3.8, 4) is 17.5 Å². The van der Waals surface area contributed by atoms with Crippen molar-refractivity contribution in [2.24, 2.45) is 11.3 Å². The first-order valence-electron chi connectivity index (χ1n) is 9.16. The van der Waals surface area contributed by atoms with E-state index in [2.05, 4.69) is 20.9 Å². The van der Waals surface area contributed by atoms with E-state index in [0.717, 1.165) is 25.7 Å². The first-order valence-corrected chi connectivity index (χ1v) is 10.6.